The van der Waals surface area contributed by atoms with Crippen LogP contribution in [0.25, 0.3) is 12.2 Å². The van der Waals surface area contributed by atoms with Gasteiger partial charge in [0.15, 0.2) is 0 Å². The Bertz CT molecular complexity index is 350. The highest BCUT2D eigenvalue weighted by atomic mass is 35.5. The standard InChI is InChI=1S/C10H11NO2.ClH/c1-3-8-7(6-12)5-11-9(4-2)10(8)13;/h3-5,12-13H,1-2,6H2;1H. The molecule has 76 valence electrons. The van der Waals surface area contributed by atoms with E-state index in [2.05, 4.69) is 18.1 Å². The molecule has 0 fully saturated rings. The fraction of sp³-hybridized carbons (Fsp3) is 0.100. The van der Waals surface area contributed by atoms with Crippen molar-refractivity contribution < 1.29 is 10.2 Å². The van der Waals surface area contributed by atoms with Crippen LogP contribution in [0, 0.1) is 0 Å². The Morgan fingerprint density at radius 1 is 1.36 bits per heavy atom. The molecule has 0 bridgehead atoms. The molecule has 0 atom stereocenters. The highest BCUT2D eigenvalue weighted by Gasteiger charge is 2.08. The van der Waals surface area contributed by atoms with Gasteiger partial charge in [-0.2, -0.15) is 0 Å². The summed E-state index contributed by atoms with van der Waals surface area (Å²) in [6.07, 6.45) is 4.42. The lowest BCUT2D eigenvalue weighted by Crippen LogP contribution is -1.93. The van der Waals surface area contributed by atoms with Gasteiger partial charge in [0.05, 0.1) is 6.61 Å². The Kier molecular flexibility index (Phi) is 4.91. The smallest absolute Gasteiger partial charge is 0.148 e. The number of hydrogen-bond donors (Lipinski definition) is 2. The molecule has 0 aliphatic heterocycles. The number of aromatic hydroxyl groups is 1. The average molecular weight is 214 g/mol. The van der Waals surface area contributed by atoms with E-state index in [1.807, 2.05) is 0 Å². The lowest BCUT2D eigenvalue weighted by Gasteiger charge is -2.06. The van der Waals surface area contributed by atoms with Gasteiger partial charge in [0, 0.05) is 17.3 Å². The molecule has 14 heavy (non-hydrogen) atoms. The van der Waals surface area contributed by atoms with Gasteiger partial charge in [-0.05, 0) is 6.08 Å². The number of aliphatic hydroxyl groups is 1. The quantitative estimate of drug-likeness (QED) is 0.808. The summed E-state index contributed by atoms with van der Waals surface area (Å²) in [5.41, 5.74) is 1.46. The number of nitrogens with zero attached hydrogens (tertiary/aromatic N) is 1. The normalized spacial score (nSPS) is 8.93. The Hall–Kier alpha value is -1.32. The number of rotatable bonds is 3. The highest BCUT2D eigenvalue weighted by molar-refractivity contribution is 5.85. The van der Waals surface area contributed by atoms with E-state index >= 15 is 0 Å². The van der Waals surface area contributed by atoms with Crippen LogP contribution in [0.3, 0.4) is 0 Å². The lowest BCUT2D eigenvalue weighted by molar-refractivity contribution is 0.280. The number of aromatic nitrogens is 1. The van der Waals surface area contributed by atoms with Gasteiger partial charge in [-0.15, -0.1) is 12.4 Å². The first-order valence-corrected chi connectivity index (χ1v) is 3.81. The minimum Gasteiger partial charge on any atom is -0.505 e. The Morgan fingerprint density at radius 3 is 2.43 bits per heavy atom. The van der Waals surface area contributed by atoms with E-state index in [1.165, 1.54) is 18.3 Å². The summed E-state index contributed by atoms with van der Waals surface area (Å²) in [6, 6.07) is 0. The summed E-state index contributed by atoms with van der Waals surface area (Å²) in [6.45, 7) is 6.88. The third kappa shape index (κ3) is 2.13. The number of hydrogen-bond acceptors (Lipinski definition) is 3. The van der Waals surface area contributed by atoms with Gasteiger partial charge in [0.2, 0.25) is 0 Å². The van der Waals surface area contributed by atoms with Crippen LogP contribution in [-0.4, -0.2) is 15.2 Å². The molecule has 0 saturated carbocycles. The van der Waals surface area contributed by atoms with Gasteiger partial charge in [-0.1, -0.05) is 19.2 Å². The fourth-order valence-electron chi connectivity index (χ4n) is 1.07. The summed E-state index contributed by atoms with van der Waals surface area (Å²) >= 11 is 0. The molecule has 1 aromatic heterocycles. The van der Waals surface area contributed by atoms with E-state index < -0.39 is 0 Å². The molecular formula is C10H12ClNO2. The van der Waals surface area contributed by atoms with Crippen LogP contribution in [-0.2, 0) is 6.61 Å². The predicted octanol–water partition coefficient (Wildman–Crippen LogP) is 1.99. The Balaban J connectivity index is 0.00000169. The third-order valence-electron chi connectivity index (χ3n) is 1.77. The van der Waals surface area contributed by atoms with Crippen LogP contribution in [0.2, 0.25) is 0 Å². The third-order valence-corrected chi connectivity index (χ3v) is 1.77. The van der Waals surface area contributed by atoms with E-state index in [1.54, 1.807) is 0 Å². The molecule has 0 amide bonds. The average Bonchev–Trinajstić information content (AvgIpc) is 2.17. The van der Waals surface area contributed by atoms with E-state index in [0.29, 0.717) is 16.8 Å². The van der Waals surface area contributed by atoms with E-state index in [4.69, 9.17) is 5.11 Å². The molecule has 3 nitrogen and oxygen atoms in total. The number of aliphatic hydroxyl groups excluding tert-OH is 1. The second-order valence-electron chi connectivity index (χ2n) is 2.50. The molecule has 0 aromatic carbocycles. The SMILES string of the molecule is C=Cc1ncc(CO)c(C=C)c1O.Cl. The zero-order valence-electron chi connectivity index (χ0n) is 7.60. The van der Waals surface area contributed by atoms with Gasteiger partial charge >= 0.3 is 0 Å². The van der Waals surface area contributed by atoms with Gasteiger partial charge in [-0.25, -0.2) is 0 Å². The van der Waals surface area contributed by atoms with Crippen LogP contribution >= 0.6 is 12.4 Å². The van der Waals surface area contributed by atoms with Crippen LogP contribution in [0.4, 0.5) is 0 Å². The summed E-state index contributed by atoms with van der Waals surface area (Å²) in [7, 11) is 0. The molecule has 0 aliphatic carbocycles. The van der Waals surface area contributed by atoms with Crippen LogP contribution < -0.4 is 0 Å². The second-order valence-corrected chi connectivity index (χ2v) is 2.50. The largest absolute Gasteiger partial charge is 0.505 e. The van der Waals surface area contributed by atoms with Crippen molar-refractivity contribution in [3.8, 4) is 5.75 Å². The number of halogens is 1. The van der Waals surface area contributed by atoms with Gasteiger partial charge in [0.25, 0.3) is 0 Å². The molecule has 0 spiro atoms. The first-order valence-electron chi connectivity index (χ1n) is 3.81. The van der Waals surface area contributed by atoms with Crippen molar-refractivity contribution in [1.29, 1.82) is 0 Å². The van der Waals surface area contributed by atoms with E-state index in [-0.39, 0.29) is 24.8 Å². The molecule has 1 aromatic rings. The first kappa shape index (κ1) is 12.7. The zero-order chi connectivity index (χ0) is 9.84. The molecule has 2 N–H and O–H groups in total. The zero-order valence-corrected chi connectivity index (χ0v) is 8.42. The van der Waals surface area contributed by atoms with Crippen LogP contribution in [0.5, 0.6) is 5.75 Å². The lowest BCUT2D eigenvalue weighted by atomic mass is 10.1. The summed E-state index contributed by atoms with van der Waals surface area (Å²) in [5.74, 6) is 0.0107. The minimum atomic E-state index is -0.167. The van der Waals surface area contributed by atoms with Crippen molar-refractivity contribution in [2.24, 2.45) is 0 Å². The predicted molar refractivity (Wildman–Crippen MR) is 59.3 cm³/mol. The summed E-state index contributed by atoms with van der Waals surface area (Å²) < 4.78 is 0. The fourth-order valence-corrected chi connectivity index (χ4v) is 1.07. The number of pyridine rings is 1. The molecule has 0 aliphatic rings. The molecule has 1 rings (SSSR count). The summed E-state index contributed by atoms with van der Waals surface area (Å²) in [5, 5.41) is 18.5. The van der Waals surface area contributed by atoms with E-state index in [9.17, 15) is 5.11 Å². The summed E-state index contributed by atoms with van der Waals surface area (Å²) in [4.78, 5) is 3.90. The van der Waals surface area contributed by atoms with E-state index in [0.717, 1.165) is 0 Å². The van der Waals surface area contributed by atoms with Crippen molar-refractivity contribution in [1.82, 2.24) is 4.98 Å². The Morgan fingerprint density at radius 2 is 2.00 bits per heavy atom. The molecule has 0 radical (unpaired) electrons. The van der Waals surface area contributed by atoms with Crippen molar-refractivity contribution in [2.45, 2.75) is 6.61 Å². The topological polar surface area (TPSA) is 53.4 Å². The first-order chi connectivity index (χ1) is 6.24. The molecule has 4 heteroatoms. The van der Waals surface area contributed by atoms with Crippen molar-refractivity contribution in [3.05, 3.63) is 36.2 Å². The molecule has 1 heterocycles. The second kappa shape index (κ2) is 5.42. The Labute approximate surface area is 88.8 Å². The van der Waals surface area contributed by atoms with Crippen molar-refractivity contribution >= 4 is 24.6 Å². The van der Waals surface area contributed by atoms with Crippen molar-refractivity contribution in [3.63, 3.8) is 0 Å². The highest BCUT2D eigenvalue weighted by Crippen LogP contribution is 2.25. The monoisotopic (exact) mass is 213 g/mol. The van der Waals surface area contributed by atoms with Crippen LogP contribution in [0.1, 0.15) is 16.8 Å². The van der Waals surface area contributed by atoms with Gasteiger partial charge in [-0.3, -0.25) is 4.98 Å². The maximum absolute atomic E-state index is 9.58. The van der Waals surface area contributed by atoms with Crippen molar-refractivity contribution in [2.75, 3.05) is 0 Å². The maximum atomic E-state index is 9.58. The minimum absolute atomic E-state index is 0. The van der Waals surface area contributed by atoms with Gasteiger partial charge < -0.3 is 10.2 Å². The van der Waals surface area contributed by atoms with Gasteiger partial charge in [0.1, 0.15) is 11.4 Å². The molecule has 0 unspecified atom stereocenters. The molecular weight excluding hydrogens is 202 g/mol. The maximum Gasteiger partial charge on any atom is 0.148 e. The molecule has 0 saturated heterocycles. The van der Waals surface area contributed by atoms with Crippen LogP contribution in [0.15, 0.2) is 19.4 Å².